The highest BCUT2D eigenvalue weighted by molar-refractivity contribution is 8.00. The van der Waals surface area contributed by atoms with Gasteiger partial charge in [0.1, 0.15) is 0 Å². The lowest BCUT2D eigenvalue weighted by Gasteiger charge is -2.12. The lowest BCUT2D eigenvalue weighted by molar-refractivity contribution is -0.704. The van der Waals surface area contributed by atoms with Crippen molar-refractivity contribution in [2.24, 2.45) is 0 Å². The number of hydrogen-bond acceptors (Lipinski definition) is 5. The number of anilines is 1. The molecular formula is C20H20N3O4S+. The smallest absolute Gasteiger partial charge is 0.325 e. The van der Waals surface area contributed by atoms with Crippen LogP contribution in [0.2, 0.25) is 0 Å². The molecule has 0 aliphatic rings. The lowest BCUT2D eigenvalue weighted by atomic mass is 10.1. The van der Waals surface area contributed by atoms with E-state index in [1.807, 2.05) is 37.3 Å². The van der Waals surface area contributed by atoms with Crippen LogP contribution in [0, 0.1) is 0 Å². The largest absolute Gasteiger partial charge is 0.442 e. The van der Waals surface area contributed by atoms with Gasteiger partial charge in [0.2, 0.25) is 11.6 Å². The number of aromatic nitrogens is 2. The van der Waals surface area contributed by atoms with E-state index >= 15 is 0 Å². The minimum Gasteiger partial charge on any atom is -0.325 e. The molecule has 7 nitrogen and oxygen atoms in total. The van der Waals surface area contributed by atoms with Crippen molar-refractivity contribution in [1.82, 2.24) is 5.27 Å². The molecule has 144 valence electrons. The number of benzene rings is 2. The Morgan fingerprint density at radius 2 is 1.82 bits per heavy atom. The summed E-state index contributed by atoms with van der Waals surface area (Å²) in [5, 5.41) is 5.19. The lowest BCUT2D eigenvalue weighted by Crippen LogP contribution is -2.37. The minimum atomic E-state index is -0.536. The number of rotatable bonds is 7. The molecule has 0 aliphatic carbocycles. The SMILES string of the molecule is CCC(Sc1c(=O)o[nH][n+]1-c1ccccc1)C(=O)Nc1ccc(C(C)=O)cc1. The highest BCUT2D eigenvalue weighted by atomic mass is 32.2. The van der Waals surface area contributed by atoms with Crippen molar-refractivity contribution in [2.75, 3.05) is 5.32 Å². The number of nitrogens with one attached hydrogen (secondary N) is 2. The van der Waals surface area contributed by atoms with E-state index in [1.165, 1.54) is 11.6 Å². The van der Waals surface area contributed by atoms with Gasteiger partial charge in [-0.05, 0) is 59.3 Å². The molecule has 0 saturated carbocycles. The molecule has 0 spiro atoms. The fourth-order valence-corrected chi connectivity index (χ4v) is 3.57. The van der Waals surface area contributed by atoms with Crippen LogP contribution in [0.1, 0.15) is 30.6 Å². The molecule has 2 N–H and O–H groups in total. The quantitative estimate of drug-likeness (QED) is 0.362. The number of hydrogen-bond donors (Lipinski definition) is 2. The standard InChI is InChI=1S/C20H19N3O4S/c1-3-17(18(25)21-15-11-9-14(10-12-15)13(2)24)28-19-20(26)27-22-23(19)16-7-5-4-6-8-16/h4-12,17H,3H2,1-2H3,(H-,21,22,24,25,26)/p+1. The molecule has 0 saturated heterocycles. The molecule has 0 radical (unpaired) electrons. The summed E-state index contributed by atoms with van der Waals surface area (Å²) in [6, 6.07) is 15.9. The maximum atomic E-state index is 12.7. The Bertz CT molecular complexity index is 1030. The second kappa shape index (κ2) is 8.71. The maximum absolute atomic E-state index is 12.7. The number of carbonyl (C=O) groups excluding carboxylic acids is 2. The van der Waals surface area contributed by atoms with Gasteiger partial charge < -0.3 is 5.32 Å². The van der Waals surface area contributed by atoms with Crippen LogP contribution in [-0.4, -0.2) is 22.2 Å². The Kier molecular flexibility index (Phi) is 6.10. The van der Waals surface area contributed by atoms with Crippen LogP contribution in [0.4, 0.5) is 5.69 Å². The molecule has 2 aromatic carbocycles. The summed E-state index contributed by atoms with van der Waals surface area (Å²) < 4.78 is 6.45. The van der Waals surface area contributed by atoms with Crippen molar-refractivity contribution in [2.45, 2.75) is 30.5 Å². The number of nitrogens with zero attached hydrogens (tertiary/aromatic N) is 1. The summed E-state index contributed by atoms with van der Waals surface area (Å²) in [7, 11) is 0. The monoisotopic (exact) mass is 398 g/mol. The van der Waals surface area contributed by atoms with Gasteiger partial charge in [0.05, 0.1) is 5.25 Å². The molecule has 3 rings (SSSR count). The number of H-pyrrole nitrogens is 1. The predicted molar refractivity (Wildman–Crippen MR) is 106 cm³/mol. The molecule has 1 atom stereocenters. The van der Waals surface area contributed by atoms with E-state index in [4.69, 9.17) is 4.52 Å². The van der Waals surface area contributed by atoms with Gasteiger partial charge in [-0.2, -0.15) is 0 Å². The van der Waals surface area contributed by atoms with Crippen molar-refractivity contribution in [3.63, 3.8) is 0 Å². The Labute approximate surface area is 165 Å². The van der Waals surface area contributed by atoms with Crippen molar-refractivity contribution >= 4 is 29.1 Å². The average Bonchev–Trinajstić information content (AvgIpc) is 3.07. The Balaban J connectivity index is 1.77. The second-order valence-corrected chi connectivity index (χ2v) is 7.29. The fraction of sp³-hybridized carbons (Fsp3) is 0.200. The molecule has 28 heavy (non-hydrogen) atoms. The van der Waals surface area contributed by atoms with Crippen molar-refractivity contribution < 1.29 is 18.8 Å². The van der Waals surface area contributed by atoms with E-state index in [9.17, 15) is 14.4 Å². The van der Waals surface area contributed by atoms with E-state index < -0.39 is 10.9 Å². The molecule has 1 heterocycles. The topological polar surface area (TPSA) is 96.1 Å². The summed E-state index contributed by atoms with van der Waals surface area (Å²) in [5.41, 5.74) is 1.36. The van der Waals surface area contributed by atoms with Gasteiger partial charge >= 0.3 is 10.7 Å². The summed E-state index contributed by atoms with van der Waals surface area (Å²) in [4.78, 5) is 36.2. The first kappa shape index (κ1) is 19.6. The Morgan fingerprint density at radius 1 is 1.14 bits per heavy atom. The second-order valence-electron chi connectivity index (χ2n) is 6.09. The van der Waals surface area contributed by atoms with Gasteiger partial charge in [0, 0.05) is 23.4 Å². The number of Topliss-reactive ketones (excluding diaryl/α,β-unsaturated/α-hetero) is 1. The van der Waals surface area contributed by atoms with Crippen LogP contribution in [0.15, 0.2) is 68.9 Å². The van der Waals surface area contributed by atoms with E-state index in [0.29, 0.717) is 22.7 Å². The molecule has 0 aliphatic heterocycles. The molecule has 1 unspecified atom stereocenters. The number of para-hydroxylation sites is 1. The van der Waals surface area contributed by atoms with Crippen LogP contribution in [0.5, 0.6) is 0 Å². The zero-order valence-corrected chi connectivity index (χ0v) is 16.3. The number of amides is 1. The normalized spacial score (nSPS) is 11.8. The molecule has 0 fully saturated rings. The molecule has 3 aromatic rings. The van der Waals surface area contributed by atoms with Crippen molar-refractivity contribution in [3.05, 3.63) is 70.6 Å². The predicted octanol–water partition coefficient (Wildman–Crippen LogP) is 2.96. The molecule has 1 amide bonds. The van der Waals surface area contributed by atoms with Crippen molar-refractivity contribution in [1.29, 1.82) is 0 Å². The highest BCUT2D eigenvalue weighted by Crippen LogP contribution is 2.23. The van der Waals surface area contributed by atoms with Gasteiger partial charge in [-0.15, -0.1) is 0 Å². The van der Waals surface area contributed by atoms with E-state index in [-0.39, 0.29) is 11.7 Å². The van der Waals surface area contributed by atoms with Crippen LogP contribution < -0.4 is 15.6 Å². The fourth-order valence-electron chi connectivity index (χ4n) is 2.58. The zero-order valence-electron chi connectivity index (χ0n) is 15.5. The van der Waals surface area contributed by atoms with E-state index in [2.05, 4.69) is 10.6 Å². The van der Waals surface area contributed by atoms with Gasteiger partial charge in [-0.3, -0.25) is 14.1 Å². The number of thioether (sulfide) groups is 1. The summed E-state index contributed by atoms with van der Waals surface area (Å²) in [6.07, 6.45) is 0.515. The zero-order chi connectivity index (χ0) is 20.1. The summed E-state index contributed by atoms with van der Waals surface area (Å²) >= 11 is 1.14. The highest BCUT2D eigenvalue weighted by Gasteiger charge is 2.30. The first-order valence-electron chi connectivity index (χ1n) is 8.77. The first-order chi connectivity index (χ1) is 13.5. The number of ketones is 1. The third-order valence-corrected chi connectivity index (χ3v) is 5.50. The van der Waals surface area contributed by atoms with E-state index in [1.54, 1.807) is 24.3 Å². The number of carbonyl (C=O) groups is 2. The molecule has 1 aromatic heterocycles. The summed E-state index contributed by atoms with van der Waals surface area (Å²) in [5.74, 6) is -0.271. The van der Waals surface area contributed by atoms with Crippen LogP contribution in [0.25, 0.3) is 5.69 Å². The third kappa shape index (κ3) is 4.40. The van der Waals surface area contributed by atoms with E-state index in [0.717, 1.165) is 17.4 Å². The molecule has 0 bridgehead atoms. The average molecular weight is 398 g/mol. The Morgan fingerprint density at radius 3 is 2.43 bits per heavy atom. The minimum absolute atomic E-state index is 0.0375. The van der Waals surface area contributed by atoms with Crippen LogP contribution in [0.3, 0.4) is 0 Å². The molecule has 8 heteroatoms. The van der Waals surface area contributed by atoms with Crippen molar-refractivity contribution in [3.8, 4) is 5.69 Å². The summed E-state index contributed by atoms with van der Waals surface area (Å²) in [6.45, 7) is 3.36. The molecular weight excluding hydrogens is 378 g/mol. The maximum Gasteiger partial charge on any atom is 0.442 e. The van der Waals surface area contributed by atoms with Gasteiger partial charge in [-0.25, -0.2) is 4.79 Å². The van der Waals surface area contributed by atoms with Crippen LogP contribution in [-0.2, 0) is 4.79 Å². The Hall–Kier alpha value is -3.13. The first-order valence-corrected chi connectivity index (χ1v) is 9.65. The van der Waals surface area contributed by atoms with Gasteiger partial charge in [-0.1, -0.05) is 25.1 Å². The van der Waals surface area contributed by atoms with Gasteiger partial charge in [0.15, 0.2) is 5.78 Å². The van der Waals surface area contributed by atoms with Crippen LogP contribution >= 0.6 is 11.8 Å². The van der Waals surface area contributed by atoms with Gasteiger partial charge in [0.25, 0.3) is 0 Å². The third-order valence-electron chi connectivity index (χ3n) is 4.10. The number of aromatic amines is 1.